The van der Waals surface area contributed by atoms with Gasteiger partial charge < -0.3 is 5.73 Å². The number of amides is 1. The number of nitrogens with two attached hydrogens (primary N) is 1. The molecule has 0 rings (SSSR count). The van der Waals surface area contributed by atoms with E-state index in [2.05, 4.69) is 53.5 Å². The third-order valence-corrected chi connectivity index (χ3v) is 2.18. The van der Waals surface area contributed by atoms with Crippen molar-refractivity contribution in [3.05, 3.63) is 11.6 Å². The summed E-state index contributed by atoms with van der Waals surface area (Å²) >= 11 is 7.94. The van der Waals surface area contributed by atoms with E-state index in [-0.39, 0.29) is 6.08 Å². The lowest BCUT2D eigenvalue weighted by molar-refractivity contribution is -0.115. The molecule has 0 fully saturated rings. The second-order valence-corrected chi connectivity index (χ2v) is 8.72. The van der Waals surface area contributed by atoms with E-state index in [0.29, 0.717) is 0 Å². The van der Waals surface area contributed by atoms with Crippen molar-refractivity contribution in [1.82, 2.24) is 0 Å². The van der Waals surface area contributed by atoms with Gasteiger partial charge in [-0.3, -0.25) is 4.79 Å². The molecule has 8 heteroatoms. The molecule has 0 saturated heterocycles. The number of carbonyl (C=O) groups excluding carboxylic acids is 1. The zero-order valence-corrected chi connectivity index (χ0v) is 10.6. The molecule has 1 amide bonds. The Morgan fingerprint density at radius 2 is 1.62 bits per heavy atom. The van der Waals surface area contributed by atoms with Gasteiger partial charge in [-0.2, -0.15) is 13.2 Å². The number of hydrogen-bond acceptors (Lipinski definition) is 1. The minimum atomic E-state index is -4.65. The second kappa shape index (κ2) is 4.31. The fourth-order valence-corrected chi connectivity index (χ4v) is 1.48. The SMILES string of the molecule is NC(=O)/C=C(\C(F)(F)F)C(Br)(Br)Br. The molecule has 76 valence electrons. The van der Waals surface area contributed by atoms with Crippen LogP contribution in [0.2, 0.25) is 0 Å². The van der Waals surface area contributed by atoms with Crippen LogP contribution in [0.5, 0.6) is 0 Å². The Morgan fingerprint density at radius 1 is 1.23 bits per heavy atom. The number of primary amides is 1. The van der Waals surface area contributed by atoms with Crippen molar-refractivity contribution in [1.29, 1.82) is 0 Å². The van der Waals surface area contributed by atoms with E-state index >= 15 is 0 Å². The highest BCUT2D eigenvalue weighted by atomic mass is 80.0. The molecule has 0 aromatic heterocycles. The van der Waals surface area contributed by atoms with Crippen LogP contribution < -0.4 is 5.73 Å². The van der Waals surface area contributed by atoms with Crippen LogP contribution in [0.1, 0.15) is 0 Å². The molecule has 0 aliphatic rings. The molecule has 0 unspecified atom stereocenters. The summed E-state index contributed by atoms with van der Waals surface area (Å²) in [6.45, 7) is 0. The van der Waals surface area contributed by atoms with Crippen molar-refractivity contribution < 1.29 is 18.0 Å². The van der Waals surface area contributed by atoms with Crippen molar-refractivity contribution in [2.75, 3.05) is 0 Å². The lowest BCUT2D eigenvalue weighted by atomic mass is 10.3. The minimum Gasteiger partial charge on any atom is -0.366 e. The predicted molar refractivity (Wildman–Crippen MR) is 52.8 cm³/mol. The molecule has 0 spiro atoms. The normalized spacial score (nSPS) is 14.5. The molecule has 0 heterocycles. The third kappa shape index (κ3) is 5.02. The fraction of sp³-hybridized carbons (Fsp3) is 0.400. The van der Waals surface area contributed by atoms with Crippen LogP contribution >= 0.6 is 47.8 Å². The van der Waals surface area contributed by atoms with Gasteiger partial charge in [-0.1, -0.05) is 47.8 Å². The number of alkyl halides is 6. The van der Waals surface area contributed by atoms with E-state index < -0.39 is 19.8 Å². The Kier molecular flexibility index (Phi) is 4.45. The first-order chi connectivity index (χ1) is 5.55. The first kappa shape index (κ1) is 13.4. The molecular formula is C5H3Br3F3NO. The first-order valence-electron chi connectivity index (χ1n) is 2.70. The lowest BCUT2D eigenvalue weighted by Gasteiger charge is -2.19. The topological polar surface area (TPSA) is 43.1 Å². The highest BCUT2D eigenvalue weighted by molar-refractivity contribution is 9.39. The molecule has 0 aromatic rings. The molecule has 0 saturated carbocycles. The number of halogens is 6. The number of hydrogen-bond donors (Lipinski definition) is 1. The van der Waals surface area contributed by atoms with Gasteiger partial charge in [0.25, 0.3) is 0 Å². The van der Waals surface area contributed by atoms with E-state index in [9.17, 15) is 18.0 Å². The summed E-state index contributed by atoms with van der Waals surface area (Å²) in [5.41, 5.74) is 3.45. The fourth-order valence-electron chi connectivity index (χ4n) is 0.467. The Balaban J connectivity index is 5.13. The van der Waals surface area contributed by atoms with E-state index in [1.54, 1.807) is 0 Å². The van der Waals surface area contributed by atoms with Gasteiger partial charge in [-0.25, -0.2) is 0 Å². The van der Waals surface area contributed by atoms with Gasteiger partial charge in [0.1, 0.15) is 0 Å². The monoisotopic (exact) mass is 387 g/mol. The van der Waals surface area contributed by atoms with E-state index in [4.69, 9.17) is 0 Å². The summed E-state index contributed by atoms with van der Waals surface area (Å²) in [6, 6.07) is 0. The zero-order valence-electron chi connectivity index (χ0n) is 5.83. The summed E-state index contributed by atoms with van der Waals surface area (Å²) in [6.07, 6.45) is -4.36. The molecule has 0 radical (unpaired) electrons. The summed E-state index contributed by atoms with van der Waals surface area (Å²) in [4.78, 5) is 10.3. The predicted octanol–water partition coefficient (Wildman–Crippen LogP) is 2.80. The maximum atomic E-state index is 12.2. The van der Waals surface area contributed by atoms with E-state index in [1.165, 1.54) is 0 Å². The van der Waals surface area contributed by atoms with Crippen molar-refractivity contribution >= 4 is 53.7 Å². The van der Waals surface area contributed by atoms with Crippen LogP contribution in [0.25, 0.3) is 0 Å². The van der Waals surface area contributed by atoms with E-state index in [0.717, 1.165) is 0 Å². The Bertz CT molecular complexity index is 226. The number of rotatable bonds is 1. The van der Waals surface area contributed by atoms with Gasteiger partial charge in [0, 0.05) is 6.08 Å². The third-order valence-electron chi connectivity index (χ3n) is 0.897. The highest BCUT2D eigenvalue weighted by Crippen LogP contribution is 2.47. The van der Waals surface area contributed by atoms with Crippen molar-refractivity contribution in [3.8, 4) is 0 Å². The average Bonchev–Trinajstić information content (AvgIpc) is 1.77. The molecule has 0 aliphatic carbocycles. The van der Waals surface area contributed by atoms with Crippen LogP contribution in [0.15, 0.2) is 11.6 Å². The van der Waals surface area contributed by atoms with Crippen molar-refractivity contribution in [2.24, 2.45) is 5.73 Å². The average molecular weight is 390 g/mol. The number of allylic oxidation sites excluding steroid dienone is 1. The standard InChI is InChI=1S/C5H3Br3F3NO/c6-4(7,8)2(1-3(12)13)5(9,10)11/h1H,(H2,12,13)/b2-1-. The zero-order chi connectivity index (χ0) is 10.9. The largest absolute Gasteiger partial charge is 0.415 e. The number of carbonyl (C=O) groups is 1. The lowest BCUT2D eigenvalue weighted by Crippen LogP contribution is -2.25. The van der Waals surface area contributed by atoms with Crippen LogP contribution in [-0.2, 0) is 4.79 Å². The first-order valence-corrected chi connectivity index (χ1v) is 5.08. The Hall–Kier alpha value is 0.440. The van der Waals surface area contributed by atoms with Gasteiger partial charge in [0.15, 0.2) is 2.14 Å². The van der Waals surface area contributed by atoms with Gasteiger partial charge in [0.2, 0.25) is 5.91 Å². The van der Waals surface area contributed by atoms with Gasteiger partial charge in [-0.15, -0.1) is 0 Å². The molecular weight excluding hydrogens is 387 g/mol. The second-order valence-electron chi connectivity index (χ2n) is 1.96. The van der Waals surface area contributed by atoms with Gasteiger partial charge >= 0.3 is 6.18 Å². The maximum absolute atomic E-state index is 12.2. The van der Waals surface area contributed by atoms with Gasteiger partial charge in [0.05, 0.1) is 5.57 Å². The van der Waals surface area contributed by atoms with Crippen molar-refractivity contribution in [2.45, 2.75) is 8.32 Å². The summed E-state index contributed by atoms with van der Waals surface area (Å²) in [5, 5.41) is 0. The molecule has 0 bridgehead atoms. The van der Waals surface area contributed by atoms with Crippen LogP contribution in [-0.4, -0.2) is 14.2 Å². The minimum absolute atomic E-state index is 0.290. The van der Waals surface area contributed by atoms with Crippen LogP contribution in [0.4, 0.5) is 13.2 Å². The Morgan fingerprint density at radius 3 is 1.69 bits per heavy atom. The Labute approximate surface area is 97.1 Å². The molecule has 0 aliphatic heterocycles. The summed E-state index contributed by atoms with van der Waals surface area (Å²) in [5.74, 6) is -1.17. The summed E-state index contributed by atoms with van der Waals surface area (Å²) < 4.78 is 34.9. The van der Waals surface area contributed by atoms with E-state index in [1.807, 2.05) is 0 Å². The molecule has 2 nitrogen and oxygen atoms in total. The smallest absolute Gasteiger partial charge is 0.366 e. The molecule has 2 N–H and O–H groups in total. The highest BCUT2D eigenvalue weighted by Gasteiger charge is 2.44. The van der Waals surface area contributed by atoms with Crippen LogP contribution in [0.3, 0.4) is 0 Å². The van der Waals surface area contributed by atoms with Gasteiger partial charge in [-0.05, 0) is 0 Å². The molecule has 0 aromatic carbocycles. The summed E-state index contributed by atoms with van der Waals surface area (Å²) in [7, 11) is 0. The quantitative estimate of drug-likeness (QED) is 0.544. The molecule has 0 atom stereocenters. The van der Waals surface area contributed by atoms with Crippen LogP contribution in [0, 0.1) is 0 Å². The maximum Gasteiger partial charge on any atom is 0.415 e. The molecule has 13 heavy (non-hydrogen) atoms. The van der Waals surface area contributed by atoms with Crippen molar-refractivity contribution in [3.63, 3.8) is 0 Å².